The van der Waals surface area contributed by atoms with Gasteiger partial charge in [0.2, 0.25) is 0 Å². The first-order valence-electron chi connectivity index (χ1n) is 6.94. The van der Waals surface area contributed by atoms with Crippen molar-refractivity contribution in [3.05, 3.63) is 42.0 Å². The normalized spacial score (nSPS) is 25.2. The smallest absolute Gasteiger partial charge is 0.131 e. The van der Waals surface area contributed by atoms with Crippen LogP contribution in [-0.2, 0) is 5.60 Å². The number of allylic oxidation sites excluding steroid dienone is 1. The predicted octanol–water partition coefficient (Wildman–Crippen LogP) is 1.57. The van der Waals surface area contributed by atoms with Gasteiger partial charge in [-0.25, -0.2) is 0 Å². The summed E-state index contributed by atoms with van der Waals surface area (Å²) in [4.78, 5) is 0. The van der Waals surface area contributed by atoms with Crippen LogP contribution in [-0.4, -0.2) is 36.5 Å². The topological polar surface area (TPSA) is 61.7 Å². The highest BCUT2D eigenvalue weighted by molar-refractivity contribution is 5.34. The molecule has 4 nitrogen and oxygen atoms in total. The van der Waals surface area contributed by atoms with Gasteiger partial charge in [0.05, 0.1) is 7.11 Å². The number of aliphatic hydroxyl groups is 2. The monoisotopic (exact) mass is 277 g/mol. The number of hydrogen-bond donors (Lipinski definition) is 3. The van der Waals surface area contributed by atoms with Gasteiger partial charge in [0.25, 0.3) is 0 Å². The van der Waals surface area contributed by atoms with Crippen LogP contribution in [0, 0.1) is 0 Å². The first-order chi connectivity index (χ1) is 9.55. The van der Waals surface area contributed by atoms with E-state index in [0.29, 0.717) is 24.9 Å². The Balaban J connectivity index is 2.39. The number of rotatable bonds is 5. The quantitative estimate of drug-likeness (QED) is 0.715. The van der Waals surface area contributed by atoms with E-state index in [1.807, 2.05) is 24.3 Å². The zero-order chi connectivity index (χ0) is 14.6. The predicted molar refractivity (Wildman–Crippen MR) is 78.8 cm³/mol. The minimum Gasteiger partial charge on any atom is -0.497 e. The number of nitrogens with one attached hydrogen (secondary N) is 1. The number of methoxy groups -OCH3 is 1. The lowest BCUT2D eigenvalue weighted by atomic mass is 9.71. The van der Waals surface area contributed by atoms with E-state index in [4.69, 9.17) is 4.74 Å². The van der Waals surface area contributed by atoms with Crippen molar-refractivity contribution >= 4 is 0 Å². The third-order valence-corrected chi connectivity index (χ3v) is 4.12. The minimum absolute atomic E-state index is 0.295. The fraction of sp³-hybridized carbons (Fsp3) is 0.500. The summed E-state index contributed by atoms with van der Waals surface area (Å²) < 4.78 is 5.14. The summed E-state index contributed by atoms with van der Waals surface area (Å²) in [7, 11) is 3.38. The van der Waals surface area contributed by atoms with Gasteiger partial charge in [0.1, 0.15) is 17.0 Å². The first-order valence-corrected chi connectivity index (χ1v) is 6.94. The Kier molecular flexibility index (Phi) is 4.48. The van der Waals surface area contributed by atoms with Gasteiger partial charge in [-0.05, 0) is 44.0 Å². The fourth-order valence-corrected chi connectivity index (χ4v) is 2.85. The van der Waals surface area contributed by atoms with Crippen molar-refractivity contribution in [2.45, 2.75) is 30.5 Å². The molecule has 1 aliphatic carbocycles. The summed E-state index contributed by atoms with van der Waals surface area (Å²) in [5.74, 6) is 0.732. The molecule has 2 rings (SSSR count). The second kappa shape index (κ2) is 5.95. The van der Waals surface area contributed by atoms with Crippen LogP contribution < -0.4 is 10.1 Å². The van der Waals surface area contributed by atoms with Crippen LogP contribution in [0.2, 0.25) is 0 Å². The van der Waals surface area contributed by atoms with Crippen LogP contribution in [0.15, 0.2) is 36.4 Å². The lowest BCUT2D eigenvalue weighted by Crippen LogP contribution is -2.57. The Hall–Kier alpha value is -1.36. The van der Waals surface area contributed by atoms with Crippen LogP contribution in [0.5, 0.6) is 5.75 Å². The average molecular weight is 277 g/mol. The second-order valence-corrected chi connectivity index (χ2v) is 5.36. The first kappa shape index (κ1) is 15.0. The van der Waals surface area contributed by atoms with E-state index in [1.54, 1.807) is 26.3 Å². The van der Waals surface area contributed by atoms with Crippen LogP contribution >= 0.6 is 0 Å². The lowest BCUT2D eigenvalue weighted by Gasteiger charge is -2.45. The Labute approximate surface area is 120 Å². The Morgan fingerprint density at radius 2 is 2.00 bits per heavy atom. The van der Waals surface area contributed by atoms with Gasteiger partial charge in [0.15, 0.2) is 0 Å². The Morgan fingerprint density at radius 3 is 2.50 bits per heavy atom. The van der Waals surface area contributed by atoms with Crippen LogP contribution in [0.3, 0.4) is 0 Å². The summed E-state index contributed by atoms with van der Waals surface area (Å²) in [6, 6.07) is 7.23. The van der Waals surface area contributed by atoms with E-state index in [0.717, 1.165) is 12.2 Å². The van der Waals surface area contributed by atoms with E-state index >= 15 is 0 Å². The fourth-order valence-electron chi connectivity index (χ4n) is 2.85. The van der Waals surface area contributed by atoms with E-state index < -0.39 is 11.2 Å². The van der Waals surface area contributed by atoms with Crippen LogP contribution in [0.25, 0.3) is 0 Å². The van der Waals surface area contributed by atoms with Crippen molar-refractivity contribution in [2.24, 2.45) is 0 Å². The third-order valence-electron chi connectivity index (χ3n) is 4.12. The zero-order valence-corrected chi connectivity index (χ0v) is 12.1. The molecule has 0 bridgehead atoms. The molecule has 1 aliphatic rings. The van der Waals surface area contributed by atoms with Crippen molar-refractivity contribution in [3.8, 4) is 5.75 Å². The van der Waals surface area contributed by atoms with Gasteiger partial charge < -0.3 is 20.3 Å². The summed E-state index contributed by atoms with van der Waals surface area (Å²) in [6.07, 6.45) is 5.76. The van der Waals surface area contributed by atoms with Crippen molar-refractivity contribution in [1.82, 2.24) is 5.32 Å². The molecule has 0 aliphatic heterocycles. The Bertz CT molecular complexity index is 471. The molecule has 0 heterocycles. The molecule has 0 amide bonds. The summed E-state index contributed by atoms with van der Waals surface area (Å²) in [5, 5.41) is 25.1. The maximum atomic E-state index is 11.1. The number of likely N-dealkylation sites (N-methyl/N-ethyl adjacent to an activating group) is 1. The summed E-state index contributed by atoms with van der Waals surface area (Å²) >= 11 is 0. The van der Waals surface area contributed by atoms with E-state index in [2.05, 4.69) is 5.32 Å². The van der Waals surface area contributed by atoms with Gasteiger partial charge >= 0.3 is 0 Å². The van der Waals surface area contributed by atoms with Gasteiger partial charge in [-0.2, -0.15) is 0 Å². The van der Waals surface area contributed by atoms with Gasteiger partial charge in [-0.3, -0.25) is 0 Å². The molecule has 0 saturated carbocycles. The van der Waals surface area contributed by atoms with E-state index in [1.165, 1.54) is 0 Å². The largest absolute Gasteiger partial charge is 0.497 e. The van der Waals surface area contributed by atoms with Gasteiger partial charge in [-0.1, -0.05) is 24.3 Å². The van der Waals surface area contributed by atoms with Crippen molar-refractivity contribution in [2.75, 3.05) is 20.7 Å². The average Bonchev–Trinajstić information content (AvgIpc) is 2.48. The molecule has 0 spiro atoms. The molecule has 1 aromatic rings. The molecule has 20 heavy (non-hydrogen) atoms. The second-order valence-electron chi connectivity index (χ2n) is 5.36. The molecular weight excluding hydrogens is 254 g/mol. The van der Waals surface area contributed by atoms with Crippen LogP contribution in [0.1, 0.15) is 24.8 Å². The molecule has 0 radical (unpaired) electrons. The zero-order valence-electron chi connectivity index (χ0n) is 12.1. The Morgan fingerprint density at radius 1 is 1.30 bits per heavy atom. The molecule has 110 valence electrons. The SMILES string of the molecule is CNCC(O)(c1ccc(OC)cc1)C1(O)CC=CCC1. The highest BCUT2D eigenvalue weighted by Gasteiger charge is 2.49. The van der Waals surface area contributed by atoms with Crippen molar-refractivity contribution < 1.29 is 14.9 Å². The van der Waals surface area contributed by atoms with Crippen molar-refractivity contribution in [3.63, 3.8) is 0 Å². The van der Waals surface area contributed by atoms with Gasteiger partial charge in [0, 0.05) is 6.54 Å². The summed E-state index contributed by atoms with van der Waals surface area (Å²) in [6.45, 7) is 0.295. The molecule has 1 aromatic carbocycles. The van der Waals surface area contributed by atoms with E-state index in [9.17, 15) is 10.2 Å². The van der Waals surface area contributed by atoms with E-state index in [-0.39, 0.29) is 0 Å². The molecule has 0 aromatic heterocycles. The number of hydrogen-bond acceptors (Lipinski definition) is 4. The molecule has 0 saturated heterocycles. The third kappa shape index (κ3) is 2.59. The molecule has 2 atom stereocenters. The maximum Gasteiger partial charge on any atom is 0.131 e. The molecule has 4 heteroatoms. The lowest BCUT2D eigenvalue weighted by molar-refractivity contribution is -0.159. The highest BCUT2D eigenvalue weighted by Crippen LogP contribution is 2.41. The number of ether oxygens (including phenoxy) is 1. The standard InChI is InChI=1S/C16H23NO3/c1-17-12-16(19,15(18)10-4-3-5-11-15)13-6-8-14(20-2)9-7-13/h3-4,6-9,17-19H,5,10-12H2,1-2H3. The highest BCUT2D eigenvalue weighted by atomic mass is 16.5. The van der Waals surface area contributed by atoms with Crippen LogP contribution in [0.4, 0.5) is 0 Å². The molecule has 0 fully saturated rings. The minimum atomic E-state index is -1.32. The van der Waals surface area contributed by atoms with Crippen molar-refractivity contribution in [1.29, 1.82) is 0 Å². The molecule has 3 N–H and O–H groups in total. The maximum absolute atomic E-state index is 11.1. The molecular formula is C16H23NO3. The summed E-state index contributed by atoms with van der Waals surface area (Å²) in [5.41, 5.74) is -1.77. The number of benzene rings is 1. The van der Waals surface area contributed by atoms with Gasteiger partial charge in [-0.15, -0.1) is 0 Å². The molecule has 2 unspecified atom stereocenters.